The van der Waals surface area contributed by atoms with Gasteiger partial charge in [0.2, 0.25) is 0 Å². The molecule has 1 saturated heterocycles. The summed E-state index contributed by atoms with van der Waals surface area (Å²) >= 11 is 6.36. The number of pyridine rings is 1. The number of carbonyl (C=O) groups excluding carboxylic acids is 1. The van der Waals surface area contributed by atoms with Crippen molar-refractivity contribution >= 4 is 32.9 Å². The van der Waals surface area contributed by atoms with Gasteiger partial charge in [-0.2, -0.15) is 10.4 Å². The number of carbonyl (C=O) groups is 1. The second-order valence-corrected chi connectivity index (χ2v) is 14.3. The van der Waals surface area contributed by atoms with Crippen LogP contribution in [0.1, 0.15) is 56.6 Å². The van der Waals surface area contributed by atoms with E-state index in [1.807, 2.05) is 30.5 Å². The van der Waals surface area contributed by atoms with Gasteiger partial charge in [-0.25, -0.2) is 22.5 Å². The highest BCUT2D eigenvalue weighted by Crippen LogP contribution is 2.51. The lowest BCUT2D eigenvalue weighted by molar-refractivity contribution is -0.125. The Kier molecular flexibility index (Phi) is 7.37. The van der Waals surface area contributed by atoms with Crippen molar-refractivity contribution in [2.24, 2.45) is 11.3 Å². The number of aromatic nitrogens is 3. The minimum Gasteiger partial charge on any atom is -0.369 e. The van der Waals surface area contributed by atoms with E-state index < -0.39 is 21.1 Å². The topological polar surface area (TPSA) is 109 Å². The highest BCUT2D eigenvalue weighted by atomic mass is 35.5. The second-order valence-electron chi connectivity index (χ2n) is 11.5. The molecule has 41 heavy (non-hydrogen) atoms. The quantitative estimate of drug-likeness (QED) is 0.355. The van der Waals surface area contributed by atoms with E-state index in [0.717, 1.165) is 67.2 Å². The first-order chi connectivity index (χ1) is 19.7. The van der Waals surface area contributed by atoms with E-state index in [4.69, 9.17) is 16.7 Å². The smallest absolute Gasteiger partial charge is 0.172 e. The Morgan fingerprint density at radius 2 is 1.85 bits per heavy atom. The molecule has 3 fully saturated rings. The van der Waals surface area contributed by atoms with Gasteiger partial charge in [-0.15, -0.1) is 0 Å². The number of anilines is 1. The van der Waals surface area contributed by atoms with Crippen LogP contribution < -0.4 is 4.90 Å². The first-order valence-electron chi connectivity index (χ1n) is 14.1. The number of benzene rings is 1. The van der Waals surface area contributed by atoms with Crippen LogP contribution in [0.25, 0.3) is 16.9 Å². The number of Topliss-reactive ketones (excluding diaryl/α,β-unsaturated/α-hetero) is 1. The van der Waals surface area contributed by atoms with Gasteiger partial charge in [-0.1, -0.05) is 36.6 Å². The van der Waals surface area contributed by atoms with Crippen molar-refractivity contribution in [2.75, 3.05) is 29.5 Å². The number of hydrogen-bond donors (Lipinski definition) is 0. The summed E-state index contributed by atoms with van der Waals surface area (Å²) < 4.78 is 39.1. The molecule has 11 heteroatoms. The normalized spacial score (nSPS) is 23.1. The molecular formula is C30H31ClFN5O3S. The number of nitriles is 1. The maximum Gasteiger partial charge on any atom is 0.172 e. The Bertz CT molecular complexity index is 1610. The van der Waals surface area contributed by atoms with Gasteiger partial charge in [0, 0.05) is 48.8 Å². The number of ketones is 1. The molecule has 1 aliphatic heterocycles. The lowest BCUT2D eigenvalue weighted by Crippen LogP contribution is -2.40. The summed E-state index contributed by atoms with van der Waals surface area (Å²) in [6.07, 6.45) is 8.23. The highest BCUT2D eigenvalue weighted by molar-refractivity contribution is 7.91. The monoisotopic (exact) mass is 595 g/mol. The van der Waals surface area contributed by atoms with Crippen molar-refractivity contribution in [1.29, 1.82) is 5.26 Å². The molecule has 2 saturated carbocycles. The number of halogens is 2. The molecule has 214 valence electrons. The summed E-state index contributed by atoms with van der Waals surface area (Å²) in [5, 5.41) is 14.6. The maximum atomic E-state index is 13.8. The molecule has 0 N–H and O–H groups in total. The third-order valence-corrected chi connectivity index (χ3v) is 10.7. The predicted molar refractivity (Wildman–Crippen MR) is 154 cm³/mol. The first kappa shape index (κ1) is 27.9. The summed E-state index contributed by atoms with van der Waals surface area (Å²) in [5.41, 5.74) is 2.94. The Labute approximate surface area is 244 Å². The van der Waals surface area contributed by atoms with Crippen molar-refractivity contribution < 1.29 is 17.6 Å². The zero-order valence-corrected chi connectivity index (χ0v) is 24.2. The van der Waals surface area contributed by atoms with Crippen LogP contribution in [-0.2, 0) is 14.6 Å². The Morgan fingerprint density at radius 3 is 2.51 bits per heavy atom. The summed E-state index contributed by atoms with van der Waals surface area (Å²) in [6, 6.07) is 11.5. The van der Waals surface area contributed by atoms with Crippen LogP contribution in [0, 0.1) is 28.5 Å². The fraction of sp³-hybridized carbons (Fsp3) is 0.467. The molecule has 1 aromatic carbocycles. The van der Waals surface area contributed by atoms with Crippen LogP contribution in [0.4, 0.5) is 10.1 Å². The lowest BCUT2D eigenvalue weighted by atomic mass is 9.72. The van der Waals surface area contributed by atoms with Crippen molar-refractivity contribution in [2.45, 2.75) is 50.9 Å². The van der Waals surface area contributed by atoms with Gasteiger partial charge in [-0.05, 0) is 49.4 Å². The van der Waals surface area contributed by atoms with E-state index in [1.54, 1.807) is 4.68 Å². The predicted octanol–water partition coefficient (Wildman–Crippen LogP) is 5.50. The third kappa shape index (κ3) is 5.75. The third-order valence-electron chi connectivity index (χ3n) is 8.77. The van der Waals surface area contributed by atoms with Crippen LogP contribution in [0.2, 0.25) is 5.02 Å². The summed E-state index contributed by atoms with van der Waals surface area (Å²) in [6.45, 7) is 0.908. The minimum absolute atomic E-state index is 0.127. The zero-order valence-electron chi connectivity index (χ0n) is 22.6. The molecule has 0 bridgehead atoms. The molecule has 2 aromatic heterocycles. The van der Waals surface area contributed by atoms with Gasteiger partial charge in [0.15, 0.2) is 15.7 Å². The summed E-state index contributed by atoms with van der Waals surface area (Å²) in [7, 11) is -2.98. The largest absolute Gasteiger partial charge is 0.369 e. The SMILES string of the molecule is N#CC1(CC(=O)[C@@H]2CCCC[C@H]2c2nn(-c3ncc(F)cc3Cl)cc2-c2ccc(N3CCS(=O)(=O)CC3)cc2)CC1. The molecule has 3 aromatic rings. The molecular weight excluding hydrogens is 565 g/mol. The number of sulfone groups is 1. The molecule has 0 amide bonds. The first-order valence-corrected chi connectivity index (χ1v) is 16.3. The van der Waals surface area contributed by atoms with Crippen molar-refractivity contribution in [1.82, 2.24) is 14.8 Å². The summed E-state index contributed by atoms with van der Waals surface area (Å²) in [4.78, 5) is 19.8. The van der Waals surface area contributed by atoms with E-state index in [-0.39, 0.29) is 40.6 Å². The molecule has 2 atom stereocenters. The standard InChI is InChI=1S/C30H31ClFN5O3S/c31-26-15-21(32)17-34-29(26)37-18-25(20-5-7-22(8-6-20)36-11-13-41(39,40)14-12-36)28(35-37)24-4-2-1-3-23(24)27(38)16-30(19-33)9-10-30/h5-8,15,17-18,23-24H,1-4,9-14,16H2/t23-,24-/m1/s1. The van der Waals surface area contributed by atoms with Gasteiger partial charge in [0.25, 0.3) is 0 Å². The molecule has 2 aliphatic carbocycles. The fourth-order valence-corrected chi connectivity index (χ4v) is 7.62. The number of nitrogens with zero attached hydrogens (tertiary/aromatic N) is 5. The number of rotatable bonds is 7. The van der Waals surface area contributed by atoms with Crippen LogP contribution in [0.5, 0.6) is 0 Å². The van der Waals surface area contributed by atoms with Crippen molar-refractivity contribution in [3.63, 3.8) is 0 Å². The van der Waals surface area contributed by atoms with Crippen molar-refractivity contribution in [3.8, 4) is 23.0 Å². The van der Waals surface area contributed by atoms with E-state index >= 15 is 0 Å². The molecule has 0 spiro atoms. The molecule has 0 radical (unpaired) electrons. The number of hydrogen-bond acceptors (Lipinski definition) is 7. The van der Waals surface area contributed by atoms with Gasteiger partial charge in [0.05, 0.1) is 39.9 Å². The van der Waals surface area contributed by atoms with E-state index in [0.29, 0.717) is 18.9 Å². The van der Waals surface area contributed by atoms with E-state index in [1.165, 1.54) is 6.07 Å². The lowest BCUT2D eigenvalue weighted by Gasteiger charge is -2.31. The Morgan fingerprint density at radius 1 is 1.15 bits per heavy atom. The summed E-state index contributed by atoms with van der Waals surface area (Å²) in [5.74, 6) is -0.204. The average molecular weight is 596 g/mol. The maximum absolute atomic E-state index is 13.8. The zero-order chi connectivity index (χ0) is 28.8. The molecule has 3 aliphatic rings. The molecule has 3 heterocycles. The van der Waals surface area contributed by atoms with Crippen LogP contribution in [-0.4, -0.2) is 53.6 Å². The minimum atomic E-state index is -2.98. The fourth-order valence-electron chi connectivity index (χ4n) is 6.18. The average Bonchev–Trinajstić information content (AvgIpc) is 3.60. The van der Waals surface area contributed by atoms with Crippen LogP contribution in [0.15, 0.2) is 42.7 Å². The molecule has 0 unspecified atom stereocenters. The van der Waals surface area contributed by atoms with Gasteiger partial charge < -0.3 is 4.90 Å². The van der Waals surface area contributed by atoms with E-state index in [2.05, 4.69) is 16.0 Å². The highest BCUT2D eigenvalue weighted by Gasteiger charge is 2.47. The van der Waals surface area contributed by atoms with E-state index in [9.17, 15) is 22.9 Å². The molecule has 8 nitrogen and oxygen atoms in total. The van der Waals surface area contributed by atoms with Crippen molar-refractivity contribution in [3.05, 3.63) is 59.3 Å². The van der Waals surface area contributed by atoms with Crippen LogP contribution in [0.3, 0.4) is 0 Å². The van der Waals surface area contributed by atoms with Gasteiger partial charge >= 0.3 is 0 Å². The van der Waals surface area contributed by atoms with Gasteiger partial charge in [0.1, 0.15) is 11.6 Å². The Balaban J connectivity index is 1.37. The Hall–Kier alpha value is -3.29. The van der Waals surface area contributed by atoms with Gasteiger partial charge in [-0.3, -0.25) is 4.79 Å². The second kappa shape index (κ2) is 10.8. The van der Waals surface area contributed by atoms with Crippen LogP contribution >= 0.6 is 11.6 Å². The molecule has 6 rings (SSSR count).